The Hall–Kier alpha value is -1.36. The molecule has 1 N–H and O–H groups in total. The fraction of sp³-hybridized carbons (Fsp3) is 0.692. The van der Waals surface area contributed by atoms with Crippen LogP contribution in [-0.4, -0.2) is 33.3 Å². The van der Waals surface area contributed by atoms with Crippen molar-refractivity contribution in [3.8, 4) is 0 Å². The number of hydrogen-bond donors (Lipinski definition) is 1. The summed E-state index contributed by atoms with van der Waals surface area (Å²) in [5.41, 5.74) is 2.34. The van der Waals surface area contributed by atoms with E-state index in [4.69, 9.17) is 9.84 Å². The Morgan fingerprint density at radius 3 is 2.89 bits per heavy atom. The van der Waals surface area contributed by atoms with Crippen molar-refractivity contribution in [1.82, 2.24) is 9.55 Å². The van der Waals surface area contributed by atoms with Crippen molar-refractivity contribution >= 4 is 5.97 Å². The highest BCUT2D eigenvalue weighted by Gasteiger charge is 2.23. The summed E-state index contributed by atoms with van der Waals surface area (Å²) in [7, 11) is 0. The molecule has 1 aliphatic rings. The van der Waals surface area contributed by atoms with Crippen molar-refractivity contribution in [2.24, 2.45) is 0 Å². The fourth-order valence-electron chi connectivity index (χ4n) is 2.55. The predicted octanol–water partition coefficient (Wildman–Crippen LogP) is 1.56. The van der Waals surface area contributed by atoms with Crippen molar-refractivity contribution < 1.29 is 14.6 Å². The quantitative estimate of drug-likeness (QED) is 0.863. The smallest absolute Gasteiger partial charge is 0.334 e. The predicted molar refractivity (Wildman–Crippen MR) is 66.7 cm³/mol. The van der Waals surface area contributed by atoms with Crippen LogP contribution in [0.1, 0.15) is 37.0 Å². The van der Waals surface area contributed by atoms with E-state index < -0.39 is 12.1 Å². The molecule has 0 saturated heterocycles. The maximum atomic E-state index is 11.1. The third-order valence-electron chi connectivity index (χ3n) is 3.42. The van der Waals surface area contributed by atoms with Gasteiger partial charge in [0.05, 0.1) is 12.2 Å². The highest BCUT2D eigenvalue weighted by molar-refractivity contribution is 5.72. The number of fused-ring (bicyclic) bond motifs is 1. The molecular weight excluding hydrogens is 232 g/mol. The number of rotatable bonds is 5. The molecular formula is C13H20N2O3. The van der Waals surface area contributed by atoms with E-state index in [1.54, 1.807) is 0 Å². The van der Waals surface area contributed by atoms with Crippen molar-refractivity contribution in [2.75, 3.05) is 6.61 Å². The molecule has 1 heterocycles. The van der Waals surface area contributed by atoms with Crippen LogP contribution in [0.2, 0.25) is 0 Å². The number of carboxylic acid groups (broad SMARTS) is 1. The average molecular weight is 252 g/mol. The molecule has 0 aliphatic heterocycles. The van der Waals surface area contributed by atoms with Gasteiger partial charge in [0.15, 0.2) is 6.10 Å². The van der Waals surface area contributed by atoms with E-state index in [0.29, 0.717) is 13.2 Å². The standard InChI is InChI=1S/C13H20N2O3/c1-3-18-12(13(16)17)8-15-9(2)14-10-6-4-5-7-11(10)15/h12H,3-8H2,1-2H3,(H,16,17). The molecule has 0 radical (unpaired) electrons. The van der Waals surface area contributed by atoms with Gasteiger partial charge in [-0.2, -0.15) is 0 Å². The summed E-state index contributed by atoms with van der Waals surface area (Å²) in [5, 5.41) is 9.14. The van der Waals surface area contributed by atoms with Crippen LogP contribution in [0.3, 0.4) is 0 Å². The van der Waals surface area contributed by atoms with E-state index in [1.807, 2.05) is 18.4 Å². The van der Waals surface area contributed by atoms with Crippen LogP contribution in [-0.2, 0) is 28.9 Å². The van der Waals surface area contributed by atoms with Crippen molar-refractivity contribution in [2.45, 2.75) is 52.2 Å². The monoisotopic (exact) mass is 252 g/mol. The molecule has 0 aromatic carbocycles. The molecule has 1 aliphatic carbocycles. The second-order valence-electron chi connectivity index (χ2n) is 4.65. The molecule has 1 unspecified atom stereocenters. The van der Waals surface area contributed by atoms with Gasteiger partial charge in [-0.1, -0.05) is 0 Å². The summed E-state index contributed by atoms with van der Waals surface area (Å²) >= 11 is 0. The topological polar surface area (TPSA) is 64.4 Å². The minimum Gasteiger partial charge on any atom is -0.479 e. The first kappa shape index (κ1) is 13.1. The SMILES string of the molecule is CCOC(Cn1c(C)nc2c1CCCC2)C(=O)O. The Morgan fingerprint density at radius 1 is 1.50 bits per heavy atom. The van der Waals surface area contributed by atoms with Crippen molar-refractivity contribution in [3.05, 3.63) is 17.2 Å². The van der Waals surface area contributed by atoms with Gasteiger partial charge in [-0.25, -0.2) is 9.78 Å². The maximum Gasteiger partial charge on any atom is 0.334 e. The fourth-order valence-corrected chi connectivity index (χ4v) is 2.55. The molecule has 0 saturated carbocycles. The minimum atomic E-state index is -0.908. The summed E-state index contributed by atoms with van der Waals surface area (Å²) in [6.45, 7) is 4.51. The third kappa shape index (κ3) is 2.56. The molecule has 100 valence electrons. The zero-order chi connectivity index (χ0) is 13.1. The Kier molecular flexibility index (Phi) is 4.01. The lowest BCUT2D eigenvalue weighted by Gasteiger charge is -2.18. The van der Waals surface area contributed by atoms with Gasteiger partial charge in [0.1, 0.15) is 5.82 Å². The number of aliphatic carboxylic acids is 1. The third-order valence-corrected chi connectivity index (χ3v) is 3.42. The molecule has 0 amide bonds. The lowest BCUT2D eigenvalue weighted by Crippen LogP contribution is -2.30. The van der Waals surface area contributed by atoms with Gasteiger partial charge in [-0.15, -0.1) is 0 Å². The molecule has 1 aromatic heterocycles. The zero-order valence-electron chi connectivity index (χ0n) is 11.0. The molecule has 2 rings (SSSR count). The van der Waals surface area contributed by atoms with Gasteiger partial charge in [-0.05, 0) is 39.5 Å². The van der Waals surface area contributed by atoms with E-state index in [1.165, 1.54) is 12.1 Å². The first-order chi connectivity index (χ1) is 8.63. The van der Waals surface area contributed by atoms with Gasteiger partial charge < -0.3 is 14.4 Å². The number of nitrogens with zero attached hydrogens (tertiary/aromatic N) is 2. The number of aromatic nitrogens is 2. The molecule has 18 heavy (non-hydrogen) atoms. The number of ether oxygens (including phenoxy) is 1. The first-order valence-corrected chi connectivity index (χ1v) is 6.52. The molecule has 0 bridgehead atoms. The van der Waals surface area contributed by atoms with Crippen LogP contribution in [0, 0.1) is 6.92 Å². The number of aryl methyl sites for hydroxylation is 2. The second kappa shape index (κ2) is 5.52. The van der Waals surface area contributed by atoms with E-state index in [-0.39, 0.29) is 0 Å². The van der Waals surface area contributed by atoms with E-state index in [0.717, 1.165) is 30.8 Å². The summed E-state index contributed by atoms with van der Waals surface area (Å²) in [5.74, 6) is -0.0117. The number of imidazole rings is 1. The molecule has 0 spiro atoms. The molecule has 1 aromatic rings. The van der Waals surface area contributed by atoms with Crippen LogP contribution in [0.15, 0.2) is 0 Å². The minimum absolute atomic E-state index is 0.358. The van der Waals surface area contributed by atoms with Crippen LogP contribution in [0.25, 0.3) is 0 Å². The number of carboxylic acids is 1. The highest BCUT2D eigenvalue weighted by Crippen LogP contribution is 2.22. The van der Waals surface area contributed by atoms with Gasteiger partial charge in [-0.3, -0.25) is 0 Å². The van der Waals surface area contributed by atoms with E-state index in [2.05, 4.69) is 4.98 Å². The second-order valence-corrected chi connectivity index (χ2v) is 4.65. The van der Waals surface area contributed by atoms with E-state index >= 15 is 0 Å². The summed E-state index contributed by atoms with van der Waals surface area (Å²) in [6, 6.07) is 0. The number of hydrogen-bond acceptors (Lipinski definition) is 3. The Balaban J connectivity index is 2.22. The van der Waals surface area contributed by atoms with Gasteiger partial charge in [0.2, 0.25) is 0 Å². The molecule has 0 fully saturated rings. The van der Waals surface area contributed by atoms with Crippen LogP contribution in [0.4, 0.5) is 0 Å². The van der Waals surface area contributed by atoms with Crippen LogP contribution < -0.4 is 0 Å². The Bertz CT molecular complexity index is 440. The van der Waals surface area contributed by atoms with Crippen LogP contribution in [0.5, 0.6) is 0 Å². The molecule has 5 heteroatoms. The van der Waals surface area contributed by atoms with Gasteiger partial charge in [0.25, 0.3) is 0 Å². The van der Waals surface area contributed by atoms with Gasteiger partial charge in [0, 0.05) is 12.3 Å². The lowest BCUT2D eigenvalue weighted by atomic mass is 10.0. The summed E-state index contributed by atoms with van der Waals surface area (Å²) in [4.78, 5) is 15.7. The maximum absolute atomic E-state index is 11.1. The highest BCUT2D eigenvalue weighted by atomic mass is 16.5. The normalized spacial score (nSPS) is 16.3. The number of carbonyl (C=O) groups is 1. The summed E-state index contributed by atoms with van der Waals surface area (Å²) in [6.07, 6.45) is 3.56. The zero-order valence-corrected chi connectivity index (χ0v) is 11.0. The summed E-state index contributed by atoms with van der Waals surface area (Å²) < 4.78 is 7.29. The van der Waals surface area contributed by atoms with Crippen molar-refractivity contribution in [3.63, 3.8) is 0 Å². The van der Waals surface area contributed by atoms with E-state index in [9.17, 15) is 4.79 Å². The first-order valence-electron chi connectivity index (χ1n) is 6.52. The Labute approximate surface area is 107 Å². The Morgan fingerprint density at radius 2 is 2.22 bits per heavy atom. The largest absolute Gasteiger partial charge is 0.479 e. The molecule has 5 nitrogen and oxygen atoms in total. The lowest BCUT2D eigenvalue weighted by molar-refractivity contribution is -0.151. The van der Waals surface area contributed by atoms with Crippen molar-refractivity contribution in [1.29, 1.82) is 0 Å². The molecule has 1 atom stereocenters. The van der Waals surface area contributed by atoms with Gasteiger partial charge >= 0.3 is 5.97 Å². The van der Waals surface area contributed by atoms with Crippen LogP contribution >= 0.6 is 0 Å². The average Bonchev–Trinajstić information content (AvgIpc) is 2.65.